The summed E-state index contributed by atoms with van der Waals surface area (Å²) in [5, 5.41) is 6.84. The van der Waals surface area contributed by atoms with Gasteiger partial charge in [-0.3, -0.25) is 4.79 Å². The van der Waals surface area contributed by atoms with E-state index in [2.05, 4.69) is 10.6 Å². The highest BCUT2D eigenvalue weighted by Gasteiger charge is 2.03. The van der Waals surface area contributed by atoms with Crippen LogP contribution in [0.3, 0.4) is 0 Å². The van der Waals surface area contributed by atoms with Crippen LogP contribution in [-0.2, 0) is 11.3 Å². The molecule has 110 valence electrons. The Kier molecular flexibility index (Phi) is 5.78. The zero-order valence-electron chi connectivity index (χ0n) is 12.0. The number of amides is 1. The topological polar surface area (TPSA) is 41.1 Å². The van der Waals surface area contributed by atoms with Gasteiger partial charge >= 0.3 is 0 Å². The molecule has 0 aliphatic rings. The third-order valence-corrected chi connectivity index (χ3v) is 3.51. The van der Waals surface area contributed by atoms with Crippen LogP contribution in [0.25, 0.3) is 0 Å². The predicted molar refractivity (Wildman–Crippen MR) is 87.6 cm³/mol. The molecule has 0 radical (unpaired) electrons. The van der Waals surface area contributed by atoms with Crippen LogP contribution in [0, 0.1) is 6.92 Å². The van der Waals surface area contributed by atoms with E-state index in [-0.39, 0.29) is 5.91 Å². The van der Waals surface area contributed by atoms with Gasteiger partial charge in [-0.25, -0.2) is 0 Å². The first-order chi connectivity index (χ1) is 10.1. The molecular formula is C17H19ClN2O. The van der Waals surface area contributed by atoms with Gasteiger partial charge in [-0.05, 0) is 30.7 Å². The van der Waals surface area contributed by atoms with Crippen molar-refractivity contribution in [2.24, 2.45) is 0 Å². The van der Waals surface area contributed by atoms with Crippen molar-refractivity contribution in [2.75, 3.05) is 11.9 Å². The van der Waals surface area contributed by atoms with Gasteiger partial charge in [0.1, 0.15) is 0 Å². The van der Waals surface area contributed by atoms with E-state index in [1.807, 2.05) is 55.5 Å². The average molecular weight is 303 g/mol. The minimum Gasteiger partial charge on any atom is -0.326 e. The summed E-state index contributed by atoms with van der Waals surface area (Å²) in [6.45, 7) is 3.30. The number of anilines is 1. The molecule has 0 saturated carbocycles. The predicted octanol–water partition coefficient (Wildman–Crippen LogP) is 3.77. The lowest BCUT2D eigenvalue weighted by Crippen LogP contribution is -2.21. The number of hydrogen-bond donors (Lipinski definition) is 2. The van der Waals surface area contributed by atoms with Gasteiger partial charge in [-0.15, -0.1) is 0 Å². The van der Waals surface area contributed by atoms with E-state index >= 15 is 0 Å². The number of rotatable bonds is 6. The van der Waals surface area contributed by atoms with Crippen LogP contribution < -0.4 is 10.6 Å². The smallest absolute Gasteiger partial charge is 0.225 e. The molecule has 0 saturated heterocycles. The van der Waals surface area contributed by atoms with Gasteiger partial charge in [0.05, 0.1) is 0 Å². The molecule has 0 heterocycles. The molecule has 0 aliphatic carbocycles. The van der Waals surface area contributed by atoms with Gasteiger partial charge in [0, 0.05) is 30.2 Å². The SMILES string of the molecule is Cc1ccc(NC(=O)CCNCc2ccccc2Cl)cc1. The van der Waals surface area contributed by atoms with E-state index in [0.717, 1.165) is 16.3 Å². The summed E-state index contributed by atoms with van der Waals surface area (Å²) in [5.41, 5.74) is 3.05. The quantitative estimate of drug-likeness (QED) is 0.798. The highest BCUT2D eigenvalue weighted by atomic mass is 35.5. The van der Waals surface area contributed by atoms with Crippen LogP contribution >= 0.6 is 11.6 Å². The number of benzene rings is 2. The molecule has 4 heteroatoms. The van der Waals surface area contributed by atoms with Gasteiger partial charge in [0.15, 0.2) is 0 Å². The first kappa shape index (κ1) is 15.5. The normalized spacial score (nSPS) is 10.4. The number of nitrogens with one attached hydrogen (secondary N) is 2. The maximum atomic E-state index is 11.8. The summed E-state index contributed by atoms with van der Waals surface area (Å²) in [6.07, 6.45) is 0.429. The van der Waals surface area contributed by atoms with Gasteiger partial charge < -0.3 is 10.6 Å². The van der Waals surface area contributed by atoms with Crippen molar-refractivity contribution in [3.8, 4) is 0 Å². The molecule has 0 spiro atoms. The zero-order valence-corrected chi connectivity index (χ0v) is 12.8. The van der Waals surface area contributed by atoms with Crippen LogP contribution in [0.1, 0.15) is 17.5 Å². The monoisotopic (exact) mass is 302 g/mol. The van der Waals surface area contributed by atoms with Crippen LogP contribution in [0.5, 0.6) is 0 Å². The van der Waals surface area contributed by atoms with E-state index in [0.29, 0.717) is 19.5 Å². The standard InChI is InChI=1S/C17H19ClN2O/c1-13-6-8-15(9-7-13)20-17(21)10-11-19-12-14-4-2-3-5-16(14)18/h2-9,19H,10-12H2,1H3,(H,20,21). The first-order valence-electron chi connectivity index (χ1n) is 6.96. The lowest BCUT2D eigenvalue weighted by Gasteiger charge is -2.08. The molecule has 3 nitrogen and oxygen atoms in total. The number of hydrogen-bond acceptors (Lipinski definition) is 2. The van der Waals surface area contributed by atoms with Crippen LogP contribution in [0.4, 0.5) is 5.69 Å². The first-order valence-corrected chi connectivity index (χ1v) is 7.33. The Bertz CT molecular complexity index is 596. The van der Waals surface area contributed by atoms with E-state index < -0.39 is 0 Å². The van der Waals surface area contributed by atoms with Crippen molar-refractivity contribution in [3.63, 3.8) is 0 Å². The molecule has 1 amide bonds. The molecule has 0 unspecified atom stereocenters. The van der Waals surface area contributed by atoms with Crippen molar-refractivity contribution in [1.29, 1.82) is 0 Å². The summed E-state index contributed by atoms with van der Waals surface area (Å²) in [6, 6.07) is 15.5. The summed E-state index contributed by atoms with van der Waals surface area (Å²) < 4.78 is 0. The molecule has 2 aromatic carbocycles. The molecular weight excluding hydrogens is 284 g/mol. The molecule has 0 aliphatic heterocycles. The number of halogens is 1. The minimum atomic E-state index is 0.00510. The highest BCUT2D eigenvalue weighted by molar-refractivity contribution is 6.31. The molecule has 0 aromatic heterocycles. The number of aryl methyl sites for hydroxylation is 1. The summed E-state index contributed by atoms with van der Waals surface area (Å²) in [4.78, 5) is 11.8. The maximum absolute atomic E-state index is 11.8. The van der Waals surface area contributed by atoms with Crippen molar-refractivity contribution < 1.29 is 4.79 Å². The largest absolute Gasteiger partial charge is 0.326 e. The van der Waals surface area contributed by atoms with E-state index in [1.165, 1.54) is 5.56 Å². The Labute approximate surface area is 130 Å². The van der Waals surface area contributed by atoms with Crippen LogP contribution in [0.15, 0.2) is 48.5 Å². The summed E-state index contributed by atoms with van der Waals surface area (Å²) in [5.74, 6) is 0.00510. The lowest BCUT2D eigenvalue weighted by molar-refractivity contribution is -0.116. The zero-order chi connectivity index (χ0) is 15.1. The van der Waals surface area contributed by atoms with Gasteiger partial charge in [-0.1, -0.05) is 47.5 Å². The molecule has 0 atom stereocenters. The molecule has 2 N–H and O–H groups in total. The van der Waals surface area contributed by atoms with Crippen LogP contribution in [0.2, 0.25) is 5.02 Å². The van der Waals surface area contributed by atoms with Gasteiger partial charge in [0.2, 0.25) is 5.91 Å². The molecule has 2 aromatic rings. The molecule has 0 fully saturated rings. The Morgan fingerprint density at radius 1 is 1.10 bits per heavy atom. The Hall–Kier alpha value is -1.84. The minimum absolute atomic E-state index is 0.00510. The average Bonchev–Trinajstić information content (AvgIpc) is 2.48. The second kappa shape index (κ2) is 7.81. The summed E-state index contributed by atoms with van der Waals surface area (Å²) in [7, 11) is 0. The van der Waals surface area contributed by atoms with E-state index in [4.69, 9.17) is 11.6 Å². The Balaban J connectivity index is 1.70. The van der Waals surface area contributed by atoms with Crippen molar-refractivity contribution in [2.45, 2.75) is 19.9 Å². The Morgan fingerprint density at radius 3 is 2.52 bits per heavy atom. The third-order valence-electron chi connectivity index (χ3n) is 3.14. The van der Waals surface area contributed by atoms with Gasteiger partial charge in [0.25, 0.3) is 0 Å². The molecule has 2 rings (SSSR count). The molecule has 0 bridgehead atoms. The third kappa shape index (κ3) is 5.21. The maximum Gasteiger partial charge on any atom is 0.225 e. The van der Waals surface area contributed by atoms with Gasteiger partial charge in [-0.2, -0.15) is 0 Å². The fraction of sp³-hybridized carbons (Fsp3) is 0.235. The number of carbonyl (C=O) groups is 1. The second-order valence-corrected chi connectivity index (χ2v) is 5.34. The number of carbonyl (C=O) groups excluding carboxylic acids is 1. The second-order valence-electron chi connectivity index (χ2n) is 4.93. The van der Waals surface area contributed by atoms with E-state index in [9.17, 15) is 4.79 Å². The summed E-state index contributed by atoms with van der Waals surface area (Å²) >= 11 is 6.07. The highest BCUT2D eigenvalue weighted by Crippen LogP contribution is 2.14. The molecule has 21 heavy (non-hydrogen) atoms. The van der Waals surface area contributed by atoms with Crippen molar-refractivity contribution >= 4 is 23.2 Å². The van der Waals surface area contributed by atoms with Crippen molar-refractivity contribution in [3.05, 3.63) is 64.7 Å². The lowest BCUT2D eigenvalue weighted by atomic mass is 10.2. The van der Waals surface area contributed by atoms with E-state index in [1.54, 1.807) is 0 Å². The Morgan fingerprint density at radius 2 is 1.81 bits per heavy atom. The fourth-order valence-electron chi connectivity index (χ4n) is 1.93. The fourth-order valence-corrected chi connectivity index (χ4v) is 2.13. The van der Waals surface area contributed by atoms with Crippen LogP contribution in [-0.4, -0.2) is 12.5 Å². The van der Waals surface area contributed by atoms with Crippen molar-refractivity contribution in [1.82, 2.24) is 5.32 Å².